The molecule has 0 aromatic heterocycles. The highest BCUT2D eigenvalue weighted by molar-refractivity contribution is 7.58. The molecule has 0 saturated heterocycles. The van der Waals surface area contributed by atoms with Crippen LogP contribution in [0.2, 0.25) is 0 Å². The summed E-state index contributed by atoms with van der Waals surface area (Å²) in [5.41, 5.74) is 6.61. The van der Waals surface area contributed by atoms with Crippen LogP contribution in [0, 0.1) is 5.92 Å². The van der Waals surface area contributed by atoms with Gasteiger partial charge in [-0.25, -0.2) is 4.79 Å². The minimum Gasteiger partial charge on any atom is -0.480 e. The molecule has 4 atom stereocenters. The van der Waals surface area contributed by atoms with Crippen LogP contribution in [0.5, 0.6) is 0 Å². The molecule has 7 nitrogen and oxygen atoms in total. The van der Waals surface area contributed by atoms with Gasteiger partial charge in [-0.15, -0.1) is 0 Å². The zero-order valence-corrected chi connectivity index (χ0v) is 21.1. The number of aliphatic carboxylic acids is 1. The maximum atomic E-state index is 13.3. The summed E-state index contributed by atoms with van der Waals surface area (Å²) in [4.78, 5) is 36.1. The number of hydrogen-bond acceptors (Lipinski definition) is 3. The fourth-order valence-electron chi connectivity index (χ4n) is 4.12. The van der Waals surface area contributed by atoms with Crippen molar-refractivity contribution >= 4 is 19.2 Å². The van der Waals surface area contributed by atoms with Gasteiger partial charge in [0.2, 0.25) is 5.91 Å². The van der Waals surface area contributed by atoms with Gasteiger partial charge in [-0.2, -0.15) is 0 Å². The Bertz CT molecular complexity index is 1160. The predicted octanol–water partition coefficient (Wildman–Crippen LogP) is 3.13. The summed E-state index contributed by atoms with van der Waals surface area (Å²) in [6.45, 7) is 0. The lowest BCUT2D eigenvalue weighted by Crippen LogP contribution is -2.61. The van der Waals surface area contributed by atoms with E-state index < -0.39 is 37.0 Å². The molecule has 0 heterocycles. The van der Waals surface area contributed by atoms with Gasteiger partial charge >= 0.3 is 5.97 Å². The molecule has 0 aliphatic heterocycles. The number of rotatable bonds is 13. The van der Waals surface area contributed by atoms with Crippen LogP contribution in [0.25, 0.3) is 0 Å². The Balaban J connectivity index is 1.73. The van der Waals surface area contributed by atoms with Crippen LogP contribution >= 0.6 is 7.37 Å². The zero-order valence-electron chi connectivity index (χ0n) is 20.2. The molecule has 0 fully saturated rings. The number of carbonyl (C=O) groups is 2. The van der Waals surface area contributed by atoms with Gasteiger partial charge in [0.05, 0.1) is 5.92 Å². The molecule has 0 spiro atoms. The van der Waals surface area contributed by atoms with Crippen molar-refractivity contribution in [3.05, 3.63) is 108 Å². The minimum atomic E-state index is -3.82. The third kappa shape index (κ3) is 8.45. The summed E-state index contributed by atoms with van der Waals surface area (Å²) in [7, 11) is -3.82. The molecule has 1 amide bonds. The summed E-state index contributed by atoms with van der Waals surface area (Å²) in [5.74, 6) is -3.33. The van der Waals surface area contributed by atoms with Crippen molar-refractivity contribution in [2.75, 3.05) is 6.16 Å². The van der Waals surface area contributed by atoms with E-state index >= 15 is 0 Å². The first-order valence-corrected chi connectivity index (χ1v) is 14.0. The Kier molecular flexibility index (Phi) is 10.00. The van der Waals surface area contributed by atoms with Gasteiger partial charge in [0.25, 0.3) is 7.37 Å². The Hall–Kier alpha value is -3.25. The first kappa shape index (κ1) is 27.3. The fourth-order valence-corrected chi connectivity index (χ4v) is 5.88. The van der Waals surface area contributed by atoms with Gasteiger partial charge in [0.15, 0.2) is 5.78 Å². The maximum absolute atomic E-state index is 13.3. The zero-order chi connectivity index (χ0) is 26.0. The van der Waals surface area contributed by atoms with Gasteiger partial charge in [0, 0.05) is 19.0 Å². The molecule has 3 rings (SSSR count). The van der Waals surface area contributed by atoms with Crippen molar-refractivity contribution in [1.29, 1.82) is 0 Å². The number of aryl methyl sites for hydroxylation is 1. The van der Waals surface area contributed by atoms with Crippen LogP contribution in [-0.2, 0) is 33.4 Å². The number of benzene rings is 3. The van der Waals surface area contributed by atoms with Crippen molar-refractivity contribution < 1.29 is 29.9 Å². The average molecular weight is 510 g/mol. The van der Waals surface area contributed by atoms with Crippen molar-refractivity contribution in [2.45, 2.75) is 37.5 Å². The molecule has 3 aromatic carbocycles. The van der Waals surface area contributed by atoms with Gasteiger partial charge in [-0.05, 0) is 29.5 Å². The number of carboxylic acids is 1. The van der Waals surface area contributed by atoms with E-state index in [-0.39, 0.29) is 19.0 Å². The van der Waals surface area contributed by atoms with Crippen LogP contribution in [0.1, 0.15) is 23.1 Å². The molecule has 0 aliphatic rings. The third-order valence-electron chi connectivity index (χ3n) is 6.25. The third-order valence-corrected chi connectivity index (χ3v) is 8.62. The van der Waals surface area contributed by atoms with Crippen LogP contribution in [0.3, 0.4) is 0 Å². The lowest BCUT2D eigenvalue weighted by atomic mass is 9.99. The van der Waals surface area contributed by atoms with Crippen LogP contribution in [-0.4, -0.2) is 39.9 Å². The van der Waals surface area contributed by atoms with E-state index in [4.69, 9.17) is 0 Å². The summed E-state index contributed by atoms with van der Waals surface area (Å²) in [5, 5.41) is 12.3. The summed E-state index contributed by atoms with van der Waals surface area (Å²) in [6, 6.07) is 26.8. The second-order valence-electron chi connectivity index (χ2n) is 9.09. The molecule has 6 N–H and O–H groups in total. The highest BCUT2D eigenvalue weighted by Crippen LogP contribution is 2.47. The molecular formula is C28H34N2O5P+. The molecule has 190 valence electrons. The van der Waals surface area contributed by atoms with E-state index in [9.17, 15) is 24.2 Å². The quantitative estimate of drug-likeness (QED) is 0.263. The van der Waals surface area contributed by atoms with Crippen molar-refractivity contribution in [1.82, 2.24) is 5.32 Å². The summed E-state index contributed by atoms with van der Waals surface area (Å²) >= 11 is 0. The van der Waals surface area contributed by atoms with E-state index in [1.54, 1.807) is 24.3 Å². The first-order chi connectivity index (χ1) is 17.2. The Morgan fingerprint density at radius 1 is 0.806 bits per heavy atom. The van der Waals surface area contributed by atoms with Crippen LogP contribution in [0.4, 0.5) is 0 Å². The van der Waals surface area contributed by atoms with Crippen LogP contribution < -0.4 is 11.1 Å². The standard InChI is InChI=1S/C28H33N2O5P/c29-26(17-16-21-10-4-1-5-11-21)36(34,35)20-24(18-22-12-6-2-7-13-22)27(31)30-25(28(32)33)19-23-14-8-3-9-15-23/h1-15,24-26H,16-20,29H2,(H,30,31)(H,32,33)(H,34,35)/p+1/t24-,25+,26?/m1/s1. The minimum absolute atomic E-state index is 0.117. The van der Waals surface area contributed by atoms with Crippen molar-refractivity contribution in [3.8, 4) is 0 Å². The molecule has 0 radical (unpaired) electrons. The van der Waals surface area contributed by atoms with E-state index in [2.05, 4.69) is 11.1 Å². The average Bonchev–Trinajstić information content (AvgIpc) is 2.88. The van der Waals surface area contributed by atoms with E-state index in [1.807, 2.05) is 66.7 Å². The Morgan fingerprint density at radius 3 is 1.78 bits per heavy atom. The number of quaternary nitrogens is 1. The van der Waals surface area contributed by atoms with Gasteiger partial charge in [0.1, 0.15) is 6.04 Å². The second-order valence-corrected chi connectivity index (χ2v) is 11.7. The monoisotopic (exact) mass is 509 g/mol. The molecule has 36 heavy (non-hydrogen) atoms. The number of nitrogens with one attached hydrogen (secondary N) is 1. The summed E-state index contributed by atoms with van der Waals surface area (Å²) < 4.78 is 13.3. The lowest BCUT2D eigenvalue weighted by Gasteiger charge is -2.24. The maximum Gasteiger partial charge on any atom is 0.326 e. The highest BCUT2D eigenvalue weighted by atomic mass is 31.2. The molecule has 3 aromatic rings. The molecule has 2 unspecified atom stereocenters. The predicted molar refractivity (Wildman–Crippen MR) is 139 cm³/mol. The number of amides is 1. The Labute approximate surface area is 211 Å². The fraction of sp³-hybridized carbons (Fsp3) is 0.286. The van der Waals surface area contributed by atoms with Gasteiger partial charge < -0.3 is 21.1 Å². The Morgan fingerprint density at radius 2 is 1.28 bits per heavy atom. The second kappa shape index (κ2) is 13.2. The number of hydrogen-bond donors (Lipinski definition) is 4. The SMILES string of the molecule is [NH3+]C(CCc1ccccc1)P(=O)(O)C[C@@H](Cc1ccccc1)C(=O)N[C@@H](Cc1ccccc1)C(=O)O. The van der Waals surface area contributed by atoms with Gasteiger partial charge in [-0.3, -0.25) is 9.36 Å². The smallest absolute Gasteiger partial charge is 0.326 e. The number of carboxylic acid groups (broad SMARTS) is 1. The molecular weight excluding hydrogens is 475 g/mol. The first-order valence-electron chi connectivity index (χ1n) is 12.0. The van der Waals surface area contributed by atoms with Crippen molar-refractivity contribution in [3.63, 3.8) is 0 Å². The largest absolute Gasteiger partial charge is 0.480 e. The van der Waals surface area contributed by atoms with Crippen molar-refractivity contribution in [2.24, 2.45) is 5.92 Å². The molecule has 0 saturated carbocycles. The lowest BCUT2D eigenvalue weighted by molar-refractivity contribution is -0.392. The molecule has 0 aliphatic carbocycles. The van der Waals surface area contributed by atoms with Gasteiger partial charge in [-0.1, -0.05) is 91.0 Å². The van der Waals surface area contributed by atoms with E-state index in [1.165, 1.54) is 0 Å². The topological polar surface area (TPSA) is 131 Å². The van der Waals surface area contributed by atoms with E-state index in [0.29, 0.717) is 12.8 Å². The normalized spacial score (nSPS) is 15.3. The molecule has 0 bridgehead atoms. The number of carbonyl (C=O) groups excluding carboxylic acids is 1. The van der Waals surface area contributed by atoms with E-state index in [0.717, 1.165) is 16.7 Å². The summed E-state index contributed by atoms with van der Waals surface area (Å²) in [6.07, 6.45) is 1.08. The van der Waals surface area contributed by atoms with Crippen LogP contribution in [0.15, 0.2) is 91.0 Å². The molecule has 8 heteroatoms. The highest BCUT2D eigenvalue weighted by Gasteiger charge is 2.37.